The first-order valence-electron chi connectivity index (χ1n) is 11.3. The maximum Gasteiger partial charge on any atom is 0.199 e. The number of ether oxygens (including phenoxy) is 1. The van der Waals surface area contributed by atoms with E-state index in [2.05, 4.69) is 20.5 Å². The van der Waals surface area contributed by atoms with Gasteiger partial charge in [0.25, 0.3) is 0 Å². The Morgan fingerprint density at radius 3 is 2.67 bits per heavy atom. The van der Waals surface area contributed by atoms with Crippen molar-refractivity contribution in [1.29, 1.82) is 0 Å². The molecular formula is C23H28N8O2. The van der Waals surface area contributed by atoms with Crippen molar-refractivity contribution in [3.63, 3.8) is 0 Å². The van der Waals surface area contributed by atoms with Crippen molar-refractivity contribution in [1.82, 2.24) is 35.1 Å². The fourth-order valence-electron chi connectivity index (χ4n) is 4.27. The number of imidazole rings is 1. The van der Waals surface area contributed by atoms with Gasteiger partial charge in [-0.2, -0.15) is 0 Å². The molecule has 10 nitrogen and oxygen atoms in total. The second kappa shape index (κ2) is 9.55. The maximum absolute atomic E-state index is 6.25. The number of nitrogens with one attached hydrogen (secondary N) is 1. The van der Waals surface area contributed by atoms with Crippen molar-refractivity contribution < 1.29 is 9.37 Å². The highest BCUT2D eigenvalue weighted by atomic mass is 16.6. The zero-order chi connectivity index (χ0) is 22.6. The smallest absolute Gasteiger partial charge is 0.199 e. The zero-order valence-corrected chi connectivity index (χ0v) is 18.7. The number of rotatable bonds is 8. The SMILES string of the molecule is CCn1c(-c2nonc2N)nc2c(-c3ccccc3)ncc(OCCCN3CCNCC3)c21. The summed E-state index contributed by atoms with van der Waals surface area (Å²) >= 11 is 0. The minimum Gasteiger partial charge on any atom is -0.490 e. The third-order valence-electron chi connectivity index (χ3n) is 5.91. The number of hydrogen-bond donors (Lipinski definition) is 2. The average molecular weight is 449 g/mol. The molecule has 3 aromatic heterocycles. The molecule has 1 fully saturated rings. The van der Waals surface area contributed by atoms with Crippen molar-refractivity contribution in [3.05, 3.63) is 36.5 Å². The van der Waals surface area contributed by atoms with Gasteiger partial charge in [-0.25, -0.2) is 14.6 Å². The Labute approximate surface area is 191 Å². The van der Waals surface area contributed by atoms with E-state index in [1.165, 1.54) is 0 Å². The van der Waals surface area contributed by atoms with E-state index in [-0.39, 0.29) is 5.82 Å². The standard InChI is InChI=1S/C23H28N8O2/c1-2-31-21-17(32-14-6-11-30-12-9-25-10-13-30)15-26-18(16-7-4-3-5-8-16)19(21)27-23(31)20-22(24)29-33-28-20/h3-5,7-8,15,25H,2,6,9-14H2,1H3,(H2,24,29). The van der Waals surface area contributed by atoms with Gasteiger partial charge in [-0.1, -0.05) is 30.3 Å². The predicted molar refractivity (Wildman–Crippen MR) is 126 cm³/mol. The summed E-state index contributed by atoms with van der Waals surface area (Å²) < 4.78 is 13.1. The molecule has 4 heterocycles. The summed E-state index contributed by atoms with van der Waals surface area (Å²) in [5.41, 5.74) is 9.77. The Balaban J connectivity index is 1.51. The van der Waals surface area contributed by atoms with Crippen molar-refractivity contribution in [2.45, 2.75) is 19.9 Å². The summed E-state index contributed by atoms with van der Waals surface area (Å²) in [5, 5.41) is 11.1. The topological polar surface area (TPSA) is 120 Å². The van der Waals surface area contributed by atoms with Gasteiger partial charge in [-0.15, -0.1) is 0 Å². The number of nitrogen functional groups attached to an aromatic ring is 1. The van der Waals surface area contributed by atoms with Crippen LogP contribution in [0.4, 0.5) is 5.82 Å². The molecule has 0 bridgehead atoms. The lowest BCUT2D eigenvalue weighted by Gasteiger charge is -2.27. The molecule has 0 radical (unpaired) electrons. The van der Waals surface area contributed by atoms with Crippen LogP contribution in [0.15, 0.2) is 41.2 Å². The van der Waals surface area contributed by atoms with Gasteiger partial charge >= 0.3 is 0 Å². The number of pyridine rings is 1. The van der Waals surface area contributed by atoms with E-state index in [1.54, 1.807) is 6.20 Å². The van der Waals surface area contributed by atoms with Crippen LogP contribution < -0.4 is 15.8 Å². The summed E-state index contributed by atoms with van der Waals surface area (Å²) in [4.78, 5) is 12.1. The van der Waals surface area contributed by atoms with Crippen molar-refractivity contribution in [3.8, 4) is 28.5 Å². The Morgan fingerprint density at radius 2 is 1.94 bits per heavy atom. The minimum atomic E-state index is 0.202. The molecule has 3 N–H and O–H groups in total. The molecule has 0 saturated carbocycles. The summed E-state index contributed by atoms with van der Waals surface area (Å²) in [7, 11) is 0. The normalized spacial score (nSPS) is 14.7. The number of nitrogens with two attached hydrogens (primary N) is 1. The van der Waals surface area contributed by atoms with E-state index in [0.717, 1.165) is 61.4 Å². The molecule has 1 aliphatic heterocycles. The lowest BCUT2D eigenvalue weighted by Crippen LogP contribution is -2.43. The molecule has 33 heavy (non-hydrogen) atoms. The second-order valence-electron chi connectivity index (χ2n) is 8.01. The van der Waals surface area contributed by atoms with E-state index in [9.17, 15) is 0 Å². The van der Waals surface area contributed by atoms with Crippen LogP contribution in [-0.2, 0) is 6.54 Å². The number of aromatic nitrogens is 5. The highest BCUT2D eigenvalue weighted by molar-refractivity contribution is 5.95. The van der Waals surface area contributed by atoms with E-state index in [1.807, 2.05) is 41.8 Å². The number of aryl methyl sites for hydroxylation is 1. The van der Waals surface area contributed by atoms with Crippen LogP contribution >= 0.6 is 0 Å². The number of benzene rings is 1. The van der Waals surface area contributed by atoms with Crippen LogP contribution in [0, 0.1) is 0 Å². The molecule has 1 aromatic carbocycles. The van der Waals surface area contributed by atoms with E-state index >= 15 is 0 Å². The van der Waals surface area contributed by atoms with E-state index in [4.69, 9.17) is 25.1 Å². The number of nitrogens with zero attached hydrogens (tertiary/aromatic N) is 6. The zero-order valence-electron chi connectivity index (χ0n) is 18.7. The molecular weight excluding hydrogens is 420 g/mol. The van der Waals surface area contributed by atoms with E-state index < -0.39 is 0 Å². The average Bonchev–Trinajstić information content (AvgIpc) is 3.46. The van der Waals surface area contributed by atoms with Gasteiger partial charge in [-0.05, 0) is 23.7 Å². The fraction of sp³-hybridized carbons (Fsp3) is 0.391. The summed E-state index contributed by atoms with van der Waals surface area (Å²) in [6.45, 7) is 8.56. The number of hydrogen-bond acceptors (Lipinski definition) is 9. The van der Waals surface area contributed by atoms with Crippen LogP contribution in [0.5, 0.6) is 5.75 Å². The molecule has 1 aliphatic rings. The number of fused-ring (bicyclic) bond motifs is 1. The third kappa shape index (κ3) is 4.27. The Kier molecular flexibility index (Phi) is 6.18. The van der Waals surface area contributed by atoms with Crippen LogP contribution in [0.2, 0.25) is 0 Å². The van der Waals surface area contributed by atoms with Crippen LogP contribution in [-0.4, -0.2) is 69.1 Å². The molecule has 0 spiro atoms. The molecule has 0 unspecified atom stereocenters. The van der Waals surface area contributed by atoms with Gasteiger partial charge < -0.3 is 25.3 Å². The molecule has 172 valence electrons. The Hall–Kier alpha value is -3.50. The lowest BCUT2D eigenvalue weighted by molar-refractivity contribution is 0.214. The van der Waals surface area contributed by atoms with Crippen LogP contribution in [0.1, 0.15) is 13.3 Å². The van der Waals surface area contributed by atoms with Crippen LogP contribution in [0.3, 0.4) is 0 Å². The van der Waals surface area contributed by atoms with Gasteiger partial charge in [0.05, 0.1) is 18.5 Å². The van der Waals surface area contributed by atoms with Gasteiger partial charge in [0.2, 0.25) is 0 Å². The lowest BCUT2D eigenvalue weighted by atomic mass is 10.1. The summed E-state index contributed by atoms with van der Waals surface area (Å²) in [6.07, 6.45) is 2.73. The molecule has 5 rings (SSSR count). The molecule has 1 saturated heterocycles. The maximum atomic E-state index is 6.25. The molecule has 4 aromatic rings. The Morgan fingerprint density at radius 1 is 1.12 bits per heavy atom. The second-order valence-corrected chi connectivity index (χ2v) is 8.01. The largest absolute Gasteiger partial charge is 0.490 e. The first kappa shape index (κ1) is 21.4. The highest BCUT2D eigenvalue weighted by Crippen LogP contribution is 2.36. The van der Waals surface area contributed by atoms with Gasteiger partial charge in [-0.3, -0.25) is 0 Å². The fourth-order valence-corrected chi connectivity index (χ4v) is 4.27. The summed E-state index contributed by atoms with van der Waals surface area (Å²) in [6, 6.07) is 9.99. The van der Waals surface area contributed by atoms with Crippen molar-refractivity contribution in [2.24, 2.45) is 0 Å². The van der Waals surface area contributed by atoms with Gasteiger partial charge in [0, 0.05) is 44.8 Å². The van der Waals surface area contributed by atoms with Crippen molar-refractivity contribution in [2.75, 3.05) is 45.1 Å². The number of anilines is 1. The first-order valence-corrected chi connectivity index (χ1v) is 11.3. The minimum absolute atomic E-state index is 0.202. The molecule has 10 heteroatoms. The van der Waals surface area contributed by atoms with Gasteiger partial charge in [0.15, 0.2) is 23.1 Å². The Bertz CT molecular complexity index is 1210. The molecule has 0 aliphatic carbocycles. The molecule has 0 amide bonds. The van der Waals surface area contributed by atoms with Crippen molar-refractivity contribution >= 4 is 16.9 Å². The third-order valence-corrected chi connectivity index (χ3v) is 5.91. The van der Waals surface area contributed by atoms with E-state index in [0.29, 0.717) is 30.4 Å². The first-order chi connectivity index (χ1) is 16.3. The molecule has 0 atom stereocenters. The summed E-state index contributed by atoms with van der Waals surface area (Å²) in [5.74, 6) is 1.48. The number of piperazine rings is 1. The quantitative estimate of drug-likeness (QED) is 0.392. The van der Waals surface area contributed by atoms with Gasteiger partial charge in [0.1, 0.15) is 11.0 Å². The highest BCUT2D eigenvalue weighted by Gasteiger charge is 2.24. The van der Waals surface area contributed by atoms with Crippen LogP contribution in [0.25, 0.3) is 33.8 Å². The predicted octanol–water partition coefficient (Wildman–Crippen LogP) is 2.42. The monoisotopic (exact) mass is 448 g/mol.